The second-order valence-corrected chi connectivity index (χ2v) is 8.87. The van der Waals surface area contributed by atoms with E-state index in [0.29, 0.717) is 21.5 Å². The van der Waals surface area contributed by atoms with Gasteiger partial charge in [0.15, 0.2) is 0 Å². The van der Waals surface area contributed by atoms with Crippen LogP contribution in [0.4, 0.5) is 4.79 Å². The number of hydrogen-bond acceptors (Lipinski definition) is 3. The number of nitrogens with zero attached hydrogens (tertiary/aromatic N) is 1. The summed E-state index contributed by atoms with van der Waals surface area (Å²) in [6.07, 6.45) is 4.30. The van der Waals surface area contributed by atoms with E-state index in [-0.39, 0.29) is 16.0 Å². The molecule has 0 saturated carbocycles. The molecule has 0 aliphatic heterocycles. The fraction of sp³-hybridized carbons (Fsp3) is 0.529. The van der Waals surface area contributed by atoms with Gasteiger partial charge < -0.3 is 9.08 Å². The number of benzene rings is 1. The smallest absolute Gasteiger partial charge is 0.286 e. The number of hydrogen-bond donors (Lipinski definition) is 0. The van der Waals surface area contributed by atoms with E-state index < -0.39 is 0 Å². The molecule has 0 heterocycles. The lowest BCUT2D eigenvalue weighted by Crippen LogP contribution is -2.16. The van der Waals surface area contributed by atoms with Crippen LogP contribution in [0.5, 0.6) is 0 Å². The van der Waals surface area contributed by atoms with Crippen LogP contribution < -0.4 is 0 Å². The molecular formula is C17H25Cl2NO2S2. The molecule has 0 N–H and O–H groups in total. The Hall–Kier alpha value is -0.200. The maximum Gasteiger partial charge on any atom is 0.286 e. The molecule has 1 amide bonds. The molecule has 0 aliphatic rings. The van der Waals surface area contributed by atoms with Crippen LogP contribution in [0.3, 0.4) is 0 Å². The molecule has 1 rings (SSSR count). The largest absolute Gasteiger partial charge is 0.339 e. The number of carbonyl (C=O) groups excluding carboxylic acids is 1. The van der Waals surface area contributed by atoms with Gasteiger partial charge in [0.25, 0.3) is 5.24 Å². The number of carbonyl (C=O) groups is 1. The van der Waals surface area contributed by atoms with Crippen LogP contribution in [0.1, 0.15) is 31.7 Å². The van der Waals surface area contributed by atoms with Crippen LogP contribution in [0.2, 0.25) is 10.0 Å². The molecule has 0 spiro atoms. The van der Waals surface area contributed by atoms with Gasteiger partial charge in [-0.1, -0.05) is 53.7 Å². The van der Waals surface area contributed by atoms with Crippen LogP contribution >= 0.6 is 45.7 Å². The molecule has 1 atom stereocenters. The van der Waals surface area contributed by atoms with Gasteiger partial charge in [-0.05, 0) is 48.2 Å². The average molecular weight is 410 g/mol. The zero-order valence-corrected chi connectivity index (χ0v) is 17.6. The van der Waals surface area contributed by atoms with Crippen molar-refractivity contribution in [3.8, 4) is 0 Å². The molecule has 7 heteroatoms. The van der Waals surface area contributed by atoms with Crippen molar-refractivity contribution in [3.05, 3.63) is 27.7 Å². The first-order valence-corrected chi connectivity index (χ1v) is 10.9. The van der Waals surface area contributed by atoms with Gasteiger partial charge in [0.2, 0.25) is 0 Å². The van der Waals surface area contributed by atoms with Gasteiger partial charge in [-0.2, -0.15) is 0 Å². The minimum Gasteiger partial charge on any atom is -0.339 e. The van der Waals surface area contributed by atoms with E-state index >= 15 is 0 Å². The van der Waals surface area contributed by atoms with Crippen molar-refractivity contribution in [2.24, 2.45) is 0 Å². The van der Waals surface area contributed by atoms with E-state index in [1.54, 1.807) is 14.1 Å². The van der Waals surface area contributed by atoms with Gasteiger partial charge in [0, 0.05) is 19.8 Å². The molecule has 0 bridgehead atoms. The highest BCUT2D eigenvalue weighted by molar-refractivity contribution is 8.13. The summed E-state index contributed by atoms with van der Waals surface area (Å²) < 4.78 is 5.76. The van der Waals surface area contributed by atoms with Crippen molar-refractivity contribution >= 4 is 56.8 Å². The Labute approximate surface area is 162 Å². The normalized spacial score (nSPS) is 12.2. The highest BCUT2D eigenvalue weighted by atomic mass is 35.5. The Morgan fingerprint density at radius 1 is 1.29 bits per heavy atom. The molecule has 0 aliphatic carbocycles. The third kappa shape index (κ3) is 7.79. The average Bonchev–Trinajstić information content (AvgIpc) is 2.50. The van der Waals surface area contributed by atoms with E-state index in [1.165, 1.54) is 17.7 Å². The molecule has 0 aromatic heterocycles. The van der Waals surface area contributed by atoms with Crippen molar-refractivity contribution in [2.75, 3.05) is 26.5 Å². The number of unbranched alkanes of at least 4 members (excludes halogenated alkanes) is 2. The summed E-state index contributed by atoms with van der Waals surface area (Å²) in [4.78, 5) is 13.9. The van der Waals surface area contributed by atoms with E-state index in [1.807, 2.05) is 12.1 Å². The second-order valence-electron chi connectivity index (χ2n) is 5.57. The van der Waals surface area contributed by atoms with Gasteiger partial charge in [-0.15, -0.1) is 0 Å². The fourth-order valence-electron chi connectivity index (χ4n) is 1.88. The molecule has 1 aromatic rings. The second kappa shape index (κ2) is 11.4. The fourth-order valence-corrected chi connectivity index (χ4v) is 4.28. The van der Waals surface area contributed by atoms with Crippen LogP contribution in [0, 0.1) is 0 Å². The van der Waals surface area contributed by atoms with E-state index in [4.69, 9.17) is 27.4 Å². The standard InChI is InChI=1S/C17H25Cl2NO2S2/c1-5-6-7-10-24(4)22-9-8-13-11-14(18)16(15(19)12-13)23-17(21)20(2)3/h11-12H,4-10H2,1-3H3. The third-order valence-corrected chi connectivity index (χ3v) is 6.48. The number of rotatable bonds is 9. The first kappa shape index (κ1) is 21.8. The molecule has 3 nitrogen and oxygen atoms in total. The highest BCUT2D eigenvalue weighted by Gasteiger charge is 2.15. The summed E-state index contributed by atoms with van der Waals surface area (Å²) in [6.45, 7) is 2.78. The highest BCUT2D eigenvalue weighted by Crippen LogP contribution is 2.36. The summed E-state index contributed by atoms with van der Waals surface area (Å²) in [7, 11) is 3.14. The Morgan fingerprint density at radius 2 is 1.92 bits per heavy atom. The molecule has 0 radical (unpaired) electrons. The molecule has 0 fully saturated rings. The van der Waals surface area contributed by atoms with Crippen LogP contribution in [0.25, 0.3) is 0 Å². The van der Waals surface area contributed by atoms with Crippen molar-refractivity contribution in [1.82, 2.24) is 4.90 Å². The van der Waals surface area contributed by atoms with Gasteiger partial charge in [-0.25, -0.2) is 0 Å². The molecular weight excluding hydrogens is 385 g/mol. The van der Waals surface area contributed by atoms with Gasteiger partial charge >= 0.3 is 0 Å². The SMILES string of the molecule is C=S(CCCCC)OCCc1cc(Cl)c(SC(=O)N(C)C)c(Cl)c1. The predicted octanol–water partition coefficient (Wildman–Crippen LogP) is 6.13. The van der Waals surface area contributed by atoms with Gasteiger partial charge in [0.1, 0.15) is 0 Å². The van der Waals surface area contributed by atoms with Crippen molar-refractivity contribution in [3.63, 3.8) is 0 Å². The van der Waals surface area contributed by atoms with E-state index in [0.717, 1.165) is 35.9 Å². The third-order valence-electron chi connectivity index (χ3n) is 3.23. The maximum atomic E-state index is 11.8. The summed E-state index contributed by atoms with van der Waals surface area (Å²) in [5.41, 5.74) is 0.997. The number of thioether (sulfide) groups is 1. The zero-order chi connectivity index (χ0) is 18.1. The first-order valence-electron chi connectivity index (χ1n) is 7.86. The topological polar surface area (TPSA) is 29.5 Å². The van der Waals surface area contributed by atoms with Crippen molar-refractivity contribution in [2.45, 2.75) is 37.5 Å². The van der Waals surface area contributed by atoms with Crippen molar-refractivity contribution < 1.29 is 8.98 Å². The predicted molar refractivity (Wildman–Crippen MR) is 110 cm³/mol. The van der Waals surface area contributed by atoms with Gasteiger partial charge in [-0.3, -0.25) is 4.79 Å². The van der Waals surface area contributed by atoms with Crippen LogP contribution in [-0.4, -0.2) is 42.5 Å². The summed E-state index contributed by atoms with van der Waals surface area (Å²) >= 11 is 13.6. The van der Waals surface area contributed by atoms with Gasteiger partial charge in [0.05, 0.1) is 21.5 Å². The Morgan fingerprint density at radius 3 is 2.46 bits per heavy atom. The summed E-state index contributed by atoms with van der Waals surface area (Å²) in [5, 5.41) is 0.881. The molecule has 1 aromatic carbocycles. The van der Waals surface area contributed by atoms with E-state index in [9.17, 15) is 4.79 Å². The Bertz CT molecular complexity index is 557. The van der Waals surface area contributed by atoms with E-state index in [2.05, 4.69) is 12.8 Å². The molecule has 1 unspecified atom stereocenters. The molecule has 24 heavy (non-hydrogen) atoms. The lowest BCUT2D eigenvalue weighted by atomic mass is 10.2. The Kier molecular flexibility index (Phi) is 10.4. The lowest BCUT2D eigenvalue weighted by molar-refractivity contribution is 0.241. The number of amides is 1. The monoisotopic (exact) mass is 409 g/mol. The Balaban J connectivity index is 2.56. The number of halogens is 2. The van der Waals surface area contributed by atoms with Crippen LogP contribution in [0.15, 0.2) is 17.0 Å². The lowest BCUT2D eigenvalue weighted by Gasteiger charge is -2.13. The summed E-state index contributed by atoms with van der Waals surface area (Å²) in [5.74, 6) is 5.06. The summed E-state index contributed by atoms with van der Waals surface area (Å²) in [6, 6.07) is 3.70. The molecule has 0 saturated heterocycles. The first-order chi connectivity index (χ1) is 11.3. The zero-order valence-electron chi connectivity index (χ0n) is 14.4. The minimum atomic E-state index is -0.244. The molecule has 136 valence electrons. The van der Waals surface area contributed by atoms with Crippen molar-refractivity contribution in [1.29, 1.82) is 0 Å². The van der Waals surface area contributed by atoms with Crippen LogP contribution in [-0.2, 0) is 10.6 Å². The maximum absolute atomic E-state index is 11.8. The quantitative estimate of drug-likeness (QED) is 0.279. The minimum absolute atomic E-state index is 0.108.